The van der Waals surface area contributed by atoms with Crippen LogP contribution in [0, 0.1) is 23.1 Å². The fourth-order valence-corrected chi connectivity index (χ4v) is 5.30. The van der Waals surface area contributed by atoms with Gasteiger partial charge in [-0.3, -0.25) is 5.32 Å². The van der Waals surface area contributed by atoms with E-state index in [4.69, 9.17) is 4.74 Å². The number of nitrogens with zero attached hydrogens (tertiary/aromatic N) is 4. The maximum Gasteiger partial charge on any atom is 0.217 e. The molecule has 4 aromatic rings. The lowest BCUT2D eigenvalue weighted by molar-refractivity contribution is 0.148. The maximum atomic E-state index is 14.8. The first-order valence-corrected chi connectivity index (χ1v) is 11.9. The monoisotopic (exact) mass is 499 g/mol. The van der Waals surface area contributed by atoms with Crippen LogP contribution in [0.4, 0.5) is 14.7 Å². The summed E-state index contributed by atoms with van der Waals surface area (Å²) >= 11 is 0. The van der Waals surface area contributed by atoms with E-state index in [1.807, 2.05) is 53.0 Å². The summed E-state index contributed by atoms with van der Waals surface area (Å²) in [5.41, 5.74) is 4.61. The molecule has 7 nitrogen and oxygen atoms in total. The molecule has 0 amide bonds. The molecular weight excluding hydrogens is 476 g/mol. The highest BCUT2D eigenvalue weighted by molar-refractivity contribution is 5.96. The van der Waals surface area contributed by atoms with Crippen molar-refractivity contribution in [3.8, 4) is 11.9 Å². The van der Waals surface area contributed by atoms with Crippen LogP contribution in [0.2, 0.25) is 0 Å². The molecular formula is C28H23F2N5O2. The van der Waals surface area contributed by atoms with Crippen molar-refractivity contribution in [2.75, 3.05) is 25.5 Å². The van der Waals surface area contributed by atoms with Crippen molar-refractivity contribution in [1.82, 2.24) is 14.5 Å². The van der Waals surface area contributed by atoms with Gasteiger partial charge in [0.2, 0.25) is 5.95 Å². The average molecular weight is 500 g/mol. The van der Waals surface area contributed by atoms with Gasteiger partial charge in [0.1, 0.15) is 24.0 Å². The van der Waals surface area contributed by atoms with Crippen molar-refractivity contribution >= 4 is 28.6 Å². The van der Waals surface area contributed by atoms with Crippen molar-refractivity contribution in [2.45, 2.75) is 18.8 Å². The summed E-state index contributed by atoms with van der Waals surface area (Å²) in [6.45, 7) is 1.13. The Balaban J connectivity index is 1.51. The van der Waals surface area contributed by atoms with Crippen LogP contribution in [0.1, 0.15) is 28.3 Å². The first-order valence-electron chi connectivity index (χ1n) is 11.9. The zero-order valence-electron chi connectivity index (χ0n) is 19.9. The maximum absolute atomic E-state index is 14.8. The number of hydrogen-bond donors (Lipinski definition) is 2. The van der Waals surface area contributed by atoms with Crippen LogP contribution in [0.5, 0.6) is 5.75 Å². The second kappa shape index (κ2) is 9.00. The van der Waals surface area contributed by atoms with Gasteiger partial charge in [-0.05, 0) is 60.2 Å². The number of aliphatic hydroxyl groups is 1. The first-order chi connectivity index (χ1) is 17.9. The molecule has 9 heteroatoms. The van der Waals surface area contributed by atoms with Crippen LogP contribution in [0.15, 0.2) is 54.6 Å². The Morgan fingerprint density at radius 2 is 2.00 bits per heavy atom. The predicted molar refractivity (Wildman–Crippen MR) is 136 cm³/mol. The summed E-state index contributed by atoms with van der Waals surface area (Å²) in [5.74, 6) is -0.128. The van der Waals surface area contributed by atoms with Gasteiger partial charge < -0.3 is 19.3 Å². The number of hydrogen-bond acceptors (Lipinski definition) is 6. The molecule has 6 rings (SSSR count). The lowest BCUT2D eigenvalue weighted by Crippen LogP contribution is -2.23. The number of halogens is 2. The second-order valence-electron chi connectivity index (χ2n) is 9.40. The van der Waals surface area contributed by atoms with Crippen LogP contribution in [-0.2, 0) is 6.61 Å². The molecule has 2 atom stereocenters. The van der Waals surface area contributed by atoms with Gasteiger partial charge >= 0.3 is 0 Å². The van der Waals surface area contributed by atoms with Gasteiger partial charge in [-0.1, -0.05) is 18.2 Å². The Labute approximate surface area is 211 Å². The number of rotatable bonds is 3. The number of aliphatic hydroxyl groups excluding tert-OH is 1. The molecule has 0 aliphatic carbocycles. The fraction of sp³-hybridized carbons (Fsp3) is 0.214. The zero-order valence-corrected chi connectivity index (χ0v) is 19.9. The highest BCUT2D eigenvalue weighted by atomic mass is 19.1. The second-order valence-corrected chi connectivity index (χ2v) is 9.40. The molecule has 3 aromatic carbocycles. The van der Waals surface area contributed by atoms with E-state index in [1.54, 1.807) is 12.1 Å². The largest absolute Gasteiger partial charge is 0.488 e. The standard InChI is InChI=1S/C28H23F2N5O2/c1-34-12-25(26(36)13-34)35-24-8-5-16(10-23(24)33-28(35)32-15-31)9-20-18-3-2-4-22(30)21(18)14-37-27-11-17(29)6-7-19(20)27/h2-11,25-26,36H,12-14H2,1H3,(H,32,33)/t25-,26-/m0/s1. The van der Waals surface area contributed by atoms with Gasteiger partial charge in [0, 0.05) is 30.3 Å². The molecule has 0 spiro atoms. The minimum atomic E-state index is -0.599. The topological polar surface area (TPSA) is 86.3 Å². The predicted octanol–water partition coefficient (Wildman–Crippen LogP) is 4.54. The lowest BCUT2D eigenvalue weighted by Gasteiger charge is -2.18. The van der Waals surface area contributed by atoms with Gasteiger partial charge in [0.25, 0.3) is 0 Å². The number of nitrogens with one attached hydrogen (secondary N) is 1. The number of fused-ring (bicyclic) bond motifs is 3. The molecule has 37 heavy (non-hydrogen) atoms. The van der Waals surface area contributed by atoms with Crippen LogP contribution in [0.3, 0.4) is 0 Å². The van der Waals surface area contributed by atoms with Crippen molar-refractivity contribution in [3.05, 3.63) is 88.5 Å². The Morgan fingerprint density at radius 1 is 1.14 bits per heavy atom. The van der Waals surface area contributed by atoms with Crippen LogP contribution >= 0.6 is 0 Å². The van der Waals surface area contributed by atoms with E-state index in [0.29, 0.717) is 52.6 Å². The smallest absolute Gasteiger partial charge is 0.217 e. The van der Waals surface area contributed by atoms with Crippen molar-refractivity contribution < 1.29 is 18.6 Å². The van der Waals surface area contributed by atoms with Gasteiger partial charge in [-0.25, -0.2) is 13.8 Å². The van der Waals surface area contributed by atoms with Crippen LogP contribution < -0.4 is 10.1 Å². The normalized spacial score (nSPS) is 20.2. The molecule has 1 fully saturated rings. The van der Waals surface area contributed by atoms with E-state index >= 15 is 0 Å². The highest BCUT2D eigenvalue weighted by Crippen LogP contribution is 2.39. The summed E-state index contributed by atoms with van der Waals surface area (Å²) in [7, 11) is 1.94. The highest BCUT2D eigenvalue weighted by Gasteiger charge is 2.33. The first kappa shape index (κ1) is 23.2. The molecule has 186 valence electrons. The number of ether oxygens (including phenoxy) is 1. The Kier molecular flexibility index (Phi) is 5.63. The molecule has 0 radical (unpaired) electrons. The number of nitriles is 1. The Bertz CT molecular complexity index is 1610. The van der Waals surface area contributed by atoms with E-state index in [9.17, 15) is 19.1 Å². The number of likely N-dealkylation sites (N-methyl/N-ethyl adjacent to an activating group) is 1. The van der Waals surface area contributed by atoms with Gasteiger partial charge in [0.05, 0.1) is 23.2 Å². The zero-order chi connectivity index (χ0) is 25.7. The number of aromatic nitrogens is 2. The third-order valence-corrected chi connectivity index (χ3v) is 6.98. The van der Waals surface area contributed by atoms with Crippen molar-refractivity contribution in [2.24, 2.45) is 0 Å². The minimum absolute atomic E-state index is 0.0133. The minimum Gasteiger partial charge on any atom is -0.488 e. The Morgan fingerprint density at radius 3 is 2.78 bits per heavy atom. The summed E-state index contributed by atoms with van der Waals surface area (Å²) < 4.78 is 36.4. The molecule has 1 saturated heterocycles. The van der Waals surface area contributed by atoms with E-state index in [-0.39, 0.29) is 12.6 Å². The number of β-amino-alcohol motifs (C(OH)–C–C–N with tert-alkyl or cyclic N) is 1. The summed E-state index contributed by atoms with van der Waals surface area (Å²) in [5, 5.41) is 22.6. The SMILES string of the molecule is CN1C[C@H](O)[C@@H](n2c(NC#N)nc3cc(C=C4c5ccc(F)cc5OCc5c(F)cccc54)ccc32)C1. The molecule has 2 N–H and O–H groups in total. The van der Waals surface area contributed by atoms with Crippen molar-refractivity contribution in [3.63, 3.8) is 0 Å². The molecule has 2 aliphatic rings. The number of likely N-dealkylation sites (tertiary alicyclic amines) is 1. The fourth-order valence-electron chi connectivity index (χ4n) is 5.30. The lowest BCUT2D eigenvalue weighted by atomic mass is 9.92. The number of anilines is 1. The summed E-state index contributed by atoms with van der Waals surface area (Å²) in [6, 6.07) is 14.6. The quantitative estimate of drug-likeness (QED) is 0.318. The molecule has 0 bridgehead atoms. The van der Waals surface area contributed by atoms with E-state index in [2.05, 4.69) is 10.3 Å². The van der Waals surface area contributed by atoms with Crippen molar-refractivity contribution in [1.29, 1.82) is 5.26 Å². The summed E-state index contributed by atoms with van der Waals surface area (Å²) in [6.07, 6.45) is 3.23. The van der Waals surface area contributed by atoms with E-state index in [0.717, 1.165) is 11.1 Å². The number of imidazole rings is 1. The van der Waals surface area contributed by atoms with Crippen LogP contribution in [0.25, 0.3) is 22.7 Å². The molecule has 2 aliphatic heterocycles. The molecule has 0 unspecified atom stereocenters. The van der Waals surface area contributed by atoms with Crippen LogP contribution in [-0.4, -0.2) is 45.8 Å². The van der Waals surface area contributed by atoms with Gasteiger partial charge in [0.15, 0.2) is 6.19 Å². The summed E-state index contributed by atoms with van der Waals surface area (Å²) in [4.78, 5) is 6.66. The molecule has 3 heterocycles. The third kappa shape index (κ3) is 4.00. The molecule has 1 aromatic heterocycles. The Hall–Kier alpha value is -4.26. The van der Waals surface area contributed by atoms with E-state index < -0.39 is 17.7 Å². The average Bonchev–Trinajstić information content (AvgIpc) is 3.34. The number of benzene rings is 3. The van der Waals surface area contributed by atoms with Gasteiger partial charge in [-0.2, -0.15) is 5.26 Å². The molecule has 0 saturated carbocycles. The van der Waals surface area contributed by atoms with E-state index in [1.165, 1.54) is 18.2 Å². The third-order valence-electron chi connectivity index (χ3n) is 6.98. The van der Waals surface area contributed by atoms with Gasteiger partial charge in [-0.15, -0.1) is 0 Å².